The molecule has 0 spiro atoms. The second kappa shape index (κ2) is 4.26. The van der Waals surface area contributed by atoms with Crippen molar-refractivity contribution in [1.29, 1.82) is 0 Å². The third-order valence-electron chi connectivity index (χ3n) is 4.21. The molecular formula is C14H17N5O. The van der Waals surface area contributed by atoms with E-state index in [1.165, 1.54) is 12.8 Å². The molecule has 0 saturated heterocycles. The van der Waals surface area contributed by atoms with Gasteiger partial charge in [0.25, 0.3) is 0 Å². The minimum absolute atomic E-state index is 0.0599. The van der Waals surface area contributed by atoms with Gasteiger partial charge in [-0.15, -0.1) is 5.10 Å². The number of allylic oxidation sites excluding steroid dienone is 2. The Labute approximate surface area is 116 Å². The fraction of sp³-hybridized carbons (Fsp3) is 0.571. The average molecular weight is 271 g/mol. The van der Waals surface area contributed by atoms with Gasteiger partial charge in [-0.1, -0.05) is 24.2 Å². The number of hydrogen-bond acceptors (Lipinski definition) is 5. The van der Waals surface area contributed by atoms with Crippen LogP contribution in [0.25, 0.3) is 11.6 Å². The molecule has 0 aliphatic heterocycles. The maximum Gasteiger partial charge on any atom is 0.242 e. The Balaban J connectivity index is 1.61. The molecule has 104 valence electrons. The number of rotatable bonds is 3. The van der Waals surface area contributed by atoms with E-state index >= 15 is 0 Å². The molecule has 6 nitrogen and oxygen atoms in total. The predicted molar refractivity (Wildman–Crippen MR) is 72.0 cm³/mol. The summed E-state index contributed by atoms with van der Waals surface area (Å²) in [7, 11) is 0. The summed E-state index contributed by atoms with van der Waals surface area (Å²) >= 11 is 0. The Kier molecular flexibility index (Phi) is 2.52. The molecule has 0 amide bonds. The smallest absolute Gasteiger partial charge is 0.242 e. The Hall–Kier alpha value is -1.98. The molecule has 20 heavy (non-hydrogen) atoms. The van der Waals surface area contributed by atoms with Crippen molar-refractivity contribution in [3.05, 3.63) is 23.9 Å². The maximum absolute atomic E-state index is 5.46. The number of nitrogens with zero attached hydrogens (tertiary/aromatic N) is 4. The maximum atomic E-state index is 5.46. The van der Waals surface area contributed by atoms with Gasteiger partial charge in [-0.25, -0.2) is 4.98 Å². The molecule has 2 aromatic heterocycles. The highest BCUT2D eigenvalue weighted by Crippen LogP contribution is 2.38. The highest BCUT2D eigenvalue weighted by Gasteiger charge is 2.34. The van der Waals surface area contributed by atoms with Crippen molar-refractivity contribution in [2.24, 2.45) is 0 Å². The molecule has 2 aliphatic rings. The fourth-order valence-corrected chi connectivity index (χ4v) is 2.63. The van der Waals surface area contributed by atoms with Crippen LogP contribution in [0.5, 0.6) is 0 Å². The van der Waals surface area contributed by atoms with Crippen molar-refractivity contribution in [2.75, 3.05) is 0 Å². The van der Waals surface area contributed by atoms with Gasteiger partial charge >= 0.3 is 0 Å². The van der Waals surface area contributed by atoms with Crippen LogP contribution in [0.1, 0.15) is 56.7 Å². The Bertz CT molecular complexity index is 654. The molecule has 1 unspecified atom stereocenters. The zero-order chi connectivity index (χ0) is 13.6. The molecule has 1 saturated carbocycles. The first-order valence-electron chi connectivity index (χ1n) is 7.16. The zero-order valence-electron chi connectivity index (χ0n) is 11.5. The Morgan fingerprint density at radius 3 is 2.90 bits per heavy atom. The molecule has 1 fully saturated rings. The summed E-state index contributed by atoms with van der Waals surface area (Å²) in [5.41, 5.74) is -0.0599. The van der Waals surface area contributed by atoms with Gasteiger partial charge in [0.05, 0.1) is 5.41 Å². The zero-order valence-corrected chi connectivity index (χ0v) is 11.5. The molecule has 1 N–H and O–H groups in total. The average Bonchev–Trinajstić information content (AvgIpc) is 3.01. The van der Waals surface area contributed by atoms with E-state index in [2.05, 4.69) is 44.4 Å². The quantitative estimate of drug-likeness (QED) is 0.868. The van der Waals surface area contributed by atoms with Gasteiger partial charge in [0.1, 0.15) is 5.82 Å². The van der Waals surface area contributed by atoms with Crippen LogP contribution in [-0.4, -0.2) is 25.3 Å². The van der Waals surface area contributed by atoms with Crippen LogP contribution >= 0.6 is 0 Å². The Morgan fingerprint density at radius 1 is 1.25 bits per heavy atom. The van der Waals surface area contributed by atoms with E-state index in [0.29, 0.717) is 23.5 Å². The highest BCUT2D eigenvalue weighted by molar-refractivity contribution is 5.41. The second-order valence-corrected chi connectivity index (χ2v) is 6.02. The molecular weight excluding hydrogens is 254 g/mol. The van der Waals surface area contributed by atoms with E-state index in [9.17, 15) is 0 Å². The van der Waals surface area contributed by atoms with Crippen LogP contribution in [-0.2, 0) is 5.41 Å². The molecule has 2 aromatic rings. The summed E-state index contributed by atoms with van der Waals surface area (Å²) in [6.45, 7) is 2.17. The molecule has 2 aliphatic carbocycles. The van der Waals surface area contributed by atoms with Gasteiger partial charge in [-0.3, -0.25) is 5.10 Å². The second-order valence-electron chi connectivity index (χ2n) is 6.02. The van der Waals surface area contributed by atoms with E-state index in [-0.39, 0.29) is 5.41 Å². The molecule has 0 radical (unpaired) electrons. The minimum atomic E-state index is -0.0599. The summed E-state index contributed by atoms with van der Waals surface area (Å²) in [5, 5.41) is 11.2. The number of hydrogen-bond donors (Lipinski definition) is 1. The van der Waals surface area contributed by atoms with E-state index in [1.807, 2.05) is 0 Å². The molecule has 2 heterocycles. The first-order chi connectivity index (χ1) is 9.74. The van der Waals surface area contributed by atoms with Gasteiger partial charge in [0, 0.05) is 5.92 Å². The van der Waals surface area contributed by atoms with Crippen LogP contribution in [0.3, 0.4) is 0 Å². The lowest BCUT2D eigenvalue weighted by Gasteiger charge is -2.25. The monoisotopic (exact) mass is 271 g/mol. The van der Waals surface area contributed by atoms with Crippen molar-refractivity contribution < 1.29 is 4.52 Å². The van der Waals surface area contributed by atoms with Crippen LogP contribution < -0.4 is 0 Å². The van der Waals surface area contributed by atoms with Crippen molar-refractivity contribution in [2.45, 2.75) is 50.4 Å². The van der Waals surface area contributed by atoms with E-state index in [0.717, 1.165) is 25.1 Å². The first kappa shape index (κ1) is 11.8. The van der Waals surface area contributed by atoms with Gasteiger partial charge < -0.3 is 4.52 Å². The number of nitrogens with one attached hydrogen (secondary N) is 1. The standard InChI is InChI=1S/C14H17N5O/c1-14(7-3-2-4-8-14)13-16-12(19-20-13)11-15-10(17-18-11)9-5-6-9/h2-3,9H,4-8H2,1H3,(H,15,17,18). The normalized spacial score (nSPS) is 26.1. The molecule has 6 heteroatoms. The van der Waals surface area contributed by atoms with Crippen molar-refractivity contribution in [1.82, 2.24) is 25.3 Å². The van der Waals surface area contributed by atoms with Crippen LogP contribution in [0.15, 0.2) is 16.7 Å². The molecule has 0 bridgehead atoms. The summed E-state index contributed by atoms with van der Waals surface area (Å²) in [6.07, 6.45) is 9.80. The van der Waals surface area contributed by atoms with Crippen molar-refractivity contribution in [3.8, 4) is 11.6 Å². The largest absolute Gasteiger partial charge is 0.338 e. The summed E-state index contributed by atoms with van der Waals surface area (Å²) in [5.74, 6) is 3.20. The number of aromatic nitrogens is 5. The van der Waals surface area contributed by atoms with Gasteiger partial charge in [-0.2, -0.15) is 4.98 Å². The Morgan fingerprint density at radius 2 is 2.15 bits per heavy atom. The minimum Gasteiger partial charge on any atom is -0.338 e. The van der Waals surface area contributed by atoms with E-state index in [4.69, 9.17) is 4.52 Å². The van der Waals surface area contributed by atoms with Crippen LogP contribution in [0.4, 0.5) is 0 Å². The van der Waals surface area contributed by atoms with Crippen LogP contribution in [0.2, 0.25) is 0 Å². The van der Waals surface area contributed by atoms with Gasteiger partial charge in [0.15, 0.2) is 0 Å². The van der Waals surface area contributed by atoms with E-state index in [1.54, 1.807) is 0 Å². The van der Waals surface area contributed by atoms with Gasteiger partial charge in [0.2, 0.25) is 17.5 Å². The third-order valence-corrected chi connectivity index (χ3v) is 4.21. The van der Waals surface area contributed by atoms with Crippen LogP contribution in [0, 0.1) is 0 Å². The molecule has 1 atom stereocenters. The van der Waals surface area contributed by atoms with Crippen molar-refractivity contribution >= 4 is 0 Å². The lowest BCUT2D eigenvalue weighted by Crippen LogP contribution is -2.23. The third kappa shape index (κ3) is 1.95. The summed E-state index contributed by atoms with van der Waals surface area (Å²) < 4.78 is 5.46. The molecule has 0 aromatic carbocycles. The fourth-order valence-electron chi connectivity index (χ4n) is 2.63. The molecule has 4 rings (SSSR count). The summed E-state index contributed by atoms with van der Waals surface area (Å²) in [6, 6.07) is 0. The number of aromatic amines is 1. The first-order valence-corrected chi connectivity index (χ1v) is 7.16. The topological polar surface area (TPSA) is 80.5 Å². The lowest BCUT2D eigenvalue weighted by atomic mass is 9.79. The van der Waals surface area contributed by atoms with Gasteiger partial charge in [-0.05, 0) is 32.1 Å². The highest BCUT2D eigenvalue weighted by atomic mass is 16.5. The van der Waals surface area contributed by atoms with Crippen molar-refractivity contribution in [3.63, 3.8) is 0 Å². The summed E-state index contributed by atoms with van der Waals surface area (Å²) in [4.78, 5) is 8.97. The predicted octanol–water partition coefficient (Wildman–Crippen LogP) is 2.73. The number of H-pyrrole nitrogens is 1. The SMILES string of the molecule is CC1(c2nc(-c3n[nH]c(C4CC4)n3)no2)CC=CCC1. The lowest BCUT2D eigenvalue weighted by molar-refractivity contribution is 0.277. The van der Waals surface area contributed by atoms with E-state index < -0.39 is 0 Å².